The largest absolute Gasteiger partial charge is 0.448 e. The van der Waals surface area contributed by atoms with Crippen LogP contribution in [0.3, 0.4) is 0 Å². The second kappa shape index (κ2) is 8.19. The summed E-state index contributed by atoms with van der Waals surface area (Å²) in [6.07, 6.45) is 0.527. The van der Waals surface area contributed by atoms with Crippen LogP contribution in [0.4, 0.5) is 10.5 Å². The number of halogens is 2. The fraction of sp³-hybridized carbons (Fsp3) is 0.417. The molecule has 1 amide bonds. The first-order valence-corrected chi connectivity index (χ1v) is 6.48. The predicted octanol–water partition coefficient (Wildman–Crippen LogP) is 3.54. The van der Waals surface area contributed by atoms with E-state index in [1.54, 1.807) is 18.2 Å². The van der Waals surface area contributed by atoms with Crippen LogP contribution in [0, 0.1) is 0 Å². The van der Waals surface area contributed by atoms with Gasteiger partial charge < -0.3 is 10.1 Å². The van der Waals surface area contributed by atoms with Gasteiger partial charge in [0.25, 0.3) is 0 Å². The molecule has 1 aromatic rings. The normalized spacial score (nSPS) is 10.2. The number of rotatable bonds is 6. The van der Waals surface area contributed by atoms with Crippen LogP contribution in [-0.2, 0) is 4.74 Å². The Balaban J connectivity index is 2.31. The molecule has 2 N–H and O–H groups in total. The number of hydrogen-bond acceptors (Lipinski definition) is 3. The lowest BCUT2D eigenvalue weighted by Crippen LogP contribution is -2.23. The van der Waals surface area contributed by atoms with E-state index in [0.717, 1.165) is 13.0 Å². The van der Waals surface area contributed by atoms with Crippen LogP contribution in [0.25, 0.3) is 0 Å². The fourth-order valence-corrected chi connectivity index (χ4v) is 1.82. The van der Waals surface area contributed by atoms with Gasteiger partial charge in [-0.15, -0.1) is 0 Å². The molecule has 0 radical (unpaired) electrons. The Hall–Kier alpha value is -0.970. The van der Waals surface area contributed by atoms with Crippen molar-refractivity contribution in [3.63, 3.8) is 0 Å². The summed E-state index contributed by atoms with van der Waals surface area (Å²) in [7, 11) is 0. The van der Waals surface area contributed by atoms with E-state index >= 15 is 0 Å². The molecule has 0 saturated carbocycles. The highest BCUT2D eigenvalue weighted by Crippen LogP contribution is 2.22. The van der Waals surface area contributed by atoms with Crippen molar-refractivity contribution < 1.29 is 9.53 Å². The lowest BCUT2D eigenvalue weighted by Gasteiger charge is -2.08. The molecule has 6 heteroatoms. The molecule has 1 aromatic carbocycles. The quantitative estimate of drug-likeness (QED) is 0.788. The predicted molar refractivity (Wildman–Crippen MR) is 74.6 cm³/mol. The van der Waals surface area contributed by atoms with E-state index in [1.165, 1.54) is 0 Å². The summed E-state index contributed by atoms with van der Waals surface area (Å²) in [6, 6.07) is 4.79. The second-order valence-corrected chi connectivity index (χ2v) is 4.54. The average molecular weight is 291 g/mol. The van der Waals surface area contributed by atoms with Gasteiger partial charge in [-0.25, -0.2) is 4.79 Å². The average Bonchev–Trinajstić information content (AvgIpc) is 2.27. The number of nitrogens with one attached hydrogen (secondary N) is 2. The maximum Gasteiger partial charge on any atom is 0.411 e. The number of carbonyl (C=O) groups is 1. The van der Waals surface area contributed by atoms with Crippen LogP contribution in [0.15, 0.2) is 18.2 Å². The van der Waals surface area contributed by atoms with E-state index in [-0.39, 0.29) is 0 Å². The third kappa shape index (κ3) is 6.10. The van der Waals surface area contributed by atoms with Crippen LogP contribution in [0.1, 0.15) is 13.3 Å². The molecular weight excluding hydrogens is 275 g/mol. The Bertz CT molecular complexity index is 379. The highest BCUT2D eigenvalue weighted by molar-refractivity contribution is 6.35. The van der Waals surface area contributed by atoms with Gasteiger partial charge in [0.1, 0.15) is 6.61 Å². The Morgan fingerprint density at radius 2 is 1.89 bits per heavy atom. The van der Waals surface area contributed by atoms with E-state index in [1.807, 2.05) is 0 Å². The van der Waals surface area contributed by atoms with Crippen molar-refractivity contribution in [2.75, 3.05) is 25.0 Å². The van der Waals surface area contributed by atoms with Crippen LogP contribution in [0.5, 0.6) is 0 Å². The zero-order valence-corrected chi connectivity index (χ0v) is 11.6. The molecular formula is C12H16Cl2N2O2. The van der Waals surface area contributed by atoms with Gasteiger partial charge >= 0.3 is 6.09 Å². The second-order valence-electron chi connectivity index (χ2n) is 3.67. The molecule has 1 rings (SSSR count). The van der Waals surface area contributed by atoms with Crippen molar-refractivity contribution in [1.82, 2.24) is 5.32 Å². The summed E-state index contributed by atoms with van der Waals surface area (Å²) in [6.45, 7) is 3.94. The van der Waals surface area contributed by atoms with Crippen molar-refractivity contribution in [3.05, 3.63) is 28.2 Å². The number of benzene rings is 1. The van der Waals surface area contributed by atoms with Crippen LogP contribution in [0.2, 0.25) is 10.0 Å². The third-order valence-electron chi connectivity index (χ3n) is 2.05. The molecule has 0 bridgehead atoms. The smallest absolute Gasteiger partial charge is 0.411 e. The molecule has 100 valence electrons. The maximum absolute atomic E-state index is 11.4. The molecule has 0 aliphatic rings. The molecule has 0 unspecified atom stereocenters. The van der Waals surface area contributed by atoms with Crippen molar-refractivity contribution in [2.45, 2.75) is 13.3 Å². The lowest BCUT2D eigenvalue weighted by atomic mass is 10.3. The Morgan fingerprint density at radius 1 is 1.22 bits per heavy atom. The summed E-state index contributed by atoms with van der Waals surface area (Å²) in [5.41, 5.74) is 0.513. The van der Waals surface area contributed by atoms with Gasteiger partial charge in [0, 0.05) is 22.3 Å². The number of anilines is 1. The minimum Gasteiger partial charge on any atom is -0.448 e. The first kappa shape index (κ1) is 15.1. The van der Waals surface area contributed by atoms with E-state index < -0.39 is 6.09 Å². The summed E-state index contributed by atoms with van der Waals surface area (Å²) < 4.78 is 4.97. The topological polar surface area (TPSA) is 50.4 Å². The molecule has 0 aliphatic carbocycles. The highest BCUT2D eigenvalue weighted by atomic mass is 35.5. The first-order chi connectivity index (χ1) is 8.61. The Labute approximate surface area is 117 Å². The standard InChI is InChI=1S/C12H16Cl2N2O2/c1-2-3-15-4-5-18-12(17)16-11-7-9(13)6-10(14)8-11/h6-8,15H,2-5H2,1H3,(H,16,17). The van der Waals surface area contributed by atoms with Gasteiger partial charge in [-0.05, 0) is 31.2 Å². The molecule has 0 aromatic heterocycles. The molecule has 0 heterocycles. The highest BCUT2D eigenvalue weighted by Gasteiger charge is 2.04. The monoisotopic (exact) mass is 290 g/mol. The van der Waals surface area contributed by atoms with Crippen molar-refractivity contribution in [1.29, 1.82) is 0 Å². The van der Waals surface area contributed by atoms with Gasteiger partial charge in [-0.1, -0.05) is 30.1 Å². The molecule has 0 spiro atoms. The number of hydrogen-bond donors (Lipinski definition) is 2. The van der Waals surface area contributed by atoms with E-state index in [0.29, 0.717) is 28.9 Å². The molecule has 18 heavy (non-hydrogen) atoms. The van der Waals surface area contributed by atoms with Gasteiger partial charge in [0.2, 0.25) is 0 Å². The SMILES string of the molecule is CCCNCCOC(=O)Nc1cc(Cl)cc(Cl)c1. The van der Waals surface area contributed by atoms with Crippen LogP contribution < -0.4 is 10.6 Å². The maximum atomic E-state index is 11.4. The molecule has 0 aliphatic heterocycles. The molecule has 0 fully saturated rings. The van der Waals surface area contributed by atoms with E-state index in [9.17, 15) is 4.79 Å². The zero-order chi connectivity index (χ0) is 13.4. The van der Waals surface area contributed by atoms with Gasteiger partial charge in [-0.2, -0.15) is 0 Å². The Morgan fingerprint density at radius 3 is 2.50 bits per heavy atom. The number of amides is 1. The Kier molecular flexibility index (Phi) is 6.86. The minimum absolute atomic E-state index is 0.320. The van der Waals surface area contributed by atoms with Crippen molar-refractivity contribution in [3.8, 4) is 0 Å². The number of carbonyl (C=O) groups excluding carboxylic acids is 1. The minimum atomic E-state index is -0.522. The zero-order valence-electron chi connectivity index (χ0n) is 10.1. The molecule has 4 nitrogen and oxygen atoms in total. The van der Waals surface area contributed by atoms with Gasteiger partial charge in [0.05, 0.1) is 0 Å². The van der Waals surface area contributed by atoms with Crippen molar-refractivity contribution in [2.24, 2.45) is 0 Å². The summed E-state index contributed by atoms with van der Waals surface area (Å²) in [4.78, 5) is 11.4. The van der Waals surface area contributed by atoms with Gasteiger partial charge in [0.15, 0.2) is 0 Å². The fourth-order valence-electron chi connectivity index (χ4n) is 1.30. The van der Waals surface area contributed by atoms with E-state index in [2.05, 4.69) is 17.6 Å². The summed E-state index contributed by atoms with van der Waals surface area (Å²) in [5, 5.41) is 6.60. The van der Waals surface area contributed by atoms with Crippen LogP contribution >= 0.6 is 23.2 Å². The first-order valence-electron chi connectivity index (χ1n) is 5.72. The summed E-state index contributed by atoms with van der Waals surface area (Å²) >= 11 is 11.6. The van der Waals surface area contributed by atoms with Crippen molar-refractivity contribution >= 4 is 35.0 Å². The molecule has 0 atom stereocenters. The lowest BCUT2D eigenvalue weighted by molar-refractivity contribution is 0.162. The van der Waals surface area contributed by atoms with Gasteiger partial charge in [-0.3, -0.25) is 5.32 Å². The molecule has 0 saturated heterocycles. The van der Waals surface area contributed by atoms with E-state index in [4.69, 9.17) is 27.9 Å². The number of ether oxygens (including phenoxy) is 1. The summed E-state index contributed by atoms with van der Waals surface area (Å²) in [5.74, 6) is 0. The third-order valence-corrected chi connectivity index (χ3v) is 2.48. The van der Waals surface area contributed by atoms with Crippen LogP contribution in [-0.4, -0.2) is 25.8 Å².